The lowest BCUT2D eigenvalue weighted by atomic mass is 9.69. The Morgan fingerprint density at radius 2 is 1.51 bits per heavy atom. The molecule has 10 nitrogen and oxygen atoms in total. The highest BCUT2D eigenvalue weighted by Gasteiger charge is 2.56. The van der Waals surface area contributed by atoms with Crippen molar-refractivity contribution in [3.63, 3.8) is 0 Å². The van der Waals surface area contributed by atoms with Crippen LogP contribution in [0.4, 0.5) is 0 Å². The molecule has 0 aromatic rings. The van der Waals surface area contributed by atoms with E-state index >= 15 is 0 Å². The number of carbonyl (C=O) groups is 6. The molecule has 39 heavy (non-hydrogen) atoms. The number of carbonyl (C=O) groups excluding carboxylic acids is 6. The van der Waals surface area contributed by atoms with E-state index in [2.05, 4.69) is 5.32 Å². The first kappa shape index (κ1) is 31.4. The van der Waals surface area contributed by atoms with Crippen LogP contribution >= 0.6 is 0 Å². The van der Waals surface area contributed by atoms with Gasteiger partial charge < -0.3 is 19.5 Å². The summed E-state index contributed by atoms with van der Waals surface area (Å²) in [5.74, 6) is -4.95. The number of esters is 3. The average Bonchev–Trinajstić information content (AvgIpc) is 2.84. The normalized spacial score (nSPS) is 34.2. The largest absolute Gasteiger partial charge is 0.461 e. The van der Waals surface area contributed by atoms with Crippen molar-refractivity contribution in [1.29, 1.82) is 0 Å². The van der Waals surface area contributed by atoms with Gasteiger partial charge in [0, 0.05) is 33.6 Å². The molecule has 1 aliphatic carbocycles. The highest BCUT2D eigenvalue weighted by atomic mass is 16.6. The quantitative estimate of drug-likeness (QED) is 0.245. The van der Waals surface area contributed by atoms with Gasteiger partial charge in [0.15, 0.2) is 5.78 Å². The molecule has 212 valence electrons. The highest BCUT2D eigenvalue weighted by molar-refractivity contribution is 6.35. The van der Waals surface area contributed by atoms with Crippen molar-refractivity contribution in [3.05, 3.63) is 47.6 Å². The third kappa shape index (κ3) is 8.33. The molecule has 0 aromatic carbocycles. The number of ketones is 2. The van der Waals surface area contributed by atoms with Gasteiger partial charge >= 0.3 is 17.9 Å². The number of Topliss-reactive ketones (excluding diaryl/α,β-unsaturated/α-hetero) is 2. The predicted octanol–water partition coefficient (Wildman–Crippen LogP) is 2.86. The fourth-order valence-corrected chi connectivity index (χ4v) is 4.43. The van der Waals surface area contributed by atoms with Gasteiger partial charge in [-0.25, -0.2) is 0 Å². The Balaban J connectivity index is 2.66. The van der Waals surface area contributed by atoms with Crippen LogP contribution in [0, 0.1) is 11.3 Å². The van der Waals surface area contributed by atoms with E-state index in [0.717, 1.165) is 12.5 Å². The lowest BCUT2D eigenvalue weighted by Gasteiger charge is -2.42. The number of hydrogen-bond acceptors (Lipinski definition) is 9. The van der Waals surface area contributed by atoms with Gasteiger partial charge in [0.05, 0.1) is 12.0 Å². The Kier molecular flexibility index (Phi) is 10.7. The molecule has 6 atom stereocenters. The summed E-state index contributed by atoms with van der Waals surface area (Å²) in [5, 5.41) is 2.50. The first-order valence-electron chi connectivity index (χ1n) is 12.8. The number of amides is 1. The summed E-state index contributed by atoms with van der Waals surface area (Å²) in [6.07, 6.45) is 8.08. The smallest absolute Gasteiger partial charge is 0.322 e. The fourth-order valence-electron chi connectivity index (χ4n) is 4.43. The molecule has 0 radical (unpaired) electrons. The van der Waals surface area contributed by atoms with E-state index in [1.54, 1.807) is 38.2 Å². The van der Waals surface area contributed by atoms with Crippen LogP contribution in [0.3, 0.4) is 0 Å². The molecule has 1 fully saturated rings. The molecule has 2 bridgehead atoms. The first-order chi connectivity index (χ1) is 18.1. The van der Waals surface area contributed by atoms with E-state index in [4.69, 9.17) is 14.2 Å². The zero-order valence-corrected chi connectivity index (χ0v) is 23.4. The molecule has 0 saturated carbocycles. The Labute approximate surface area is 228 Å². The number of ether oxygens (including phenoxy) is 3. The molecule has 2 heterocycles. The zero-order valence-electron chi connectivity index (χ0n) is 23.4. The molecular formula is C29H37NO9. The molecular weight excluding hydrogens is 506 g/mol. The molecule has 1 N–H and O–H groups in total. The molecule has 1 amide bonds. The summed E-state index contributed by atoms with van der Waals surface area (Å²) >= 11 is 0. The van der Waals surface area contributed by atoms with Gasteiger partial charge in [0.1, 0.15) is 23.7 Å². The van der Waals surface area contributed by atoms with Crippen molar-refractivity contribution in [1.82, 2.24) is 5.32 Å². The van der Waals surface area contributed by atoms with E-state index in [1.165, 1.54) is 26.8 Å². The standard InChI is InChI=1S/C29H37NO9/c1-16-8-11-22(37-20(5)32)12-10-17(2)14-25(30-27(35)19(4)31)29(7)26(34)18(3)24(39-28(29)36)15-23(13-9-16)38-21(6)33/h8-10,12-14,18,22-25H,11,15H2,1-7H3,(H,30,35)/b12-10+,13-9-,16-8-,17-14-/t18-,22+,23-,24-,25-,29+/m1/s1. The van der Waals surface area contributed by atoms with Gasteiger partial charge in [-0.05, 0) is 32.9 Å². The van der Waals surface area contributed by atoms with Crippen LogP contribution in [0.2, 0.25) is 0 Å². The Bertz CT molecular complexity index is 1150. The van der Waals surface area contributed by atoms with Crippen LogP contribution in [0.15, 0.2) is 47.6 Å². The van der Waals surface area contributed by atoms with Crippen molar-refractivity contribution in [2.24, 2.45) is 11.3 Å². The van der Waals surface area contributed by atoms with E-state index < -0.39 is 71.1 Å². The molecule has 1 saturated heterocycles. The fraction of sp³-hybridized carbons (Fsp3) is 0.517. The SMILES string of the molecule is CC(=O)O[C@@H]1/C=C\C(C)=C/C[C@H](OC(C)=O)/C=C/C(C)=C\[C@@H](NC(=O)C(C)=O)[C@]2(C)C(=O)O[C@H](C1)[C@@H](C)C2=O. The van der Waals surface area contributed by atoms with Crippen LogP contribution < -0.4 is 5.32 Å². The van der Waals surface area contributed by atoms with Gasteiger partial charge in [-0.15, -0.1) is 0 Å². The second-order valence-electron chi connectivity index (χ2n) is 10.2. The lowest BCUT2D eigenvalue weighted by molar-refractivity contribution is -0.182. The summed E-state index contributed by atoms with van der Waals surface area (Å²) in [6.45, 7) is 10.1. The molecule has 10 heteroatoms. The first-order valence-corrected chi connectivity index (χ1v) is 12.8. The van der Waals surface area contributed by atoms with Crippen LogP contribution in [0.5, 0.6) is 0 Å². The minimum absolute atomic E-state index is 0.0368. The maximum absolute atomic E-state index is 13.7. The Morgan fingerprint density at radius 1 is 0.949 bits per heavy atom. The van der Waals surface area contributed by atoms with Crippen LogP contribution in [-0.4, -0.2) is 59.7 Å². The highest BCUT2D eigenvalue weighted by Crippen LogP contribution is 2.38. The Morgan fingerprint density at radius 3 is 2.10 bits per heavy atom. The molecule has 0 aromatic heterocycles. The monoisotopic (exact) mass is 543 g/mol. The van der Waals surface area contributed by atoms with Crippen molar-refractivity contribution in [3.8, 4) is 0 Å². The summed E-state index contributed by atoms with van der Waals surface area (Å²) in [4.78, 5) is 74.7. The van der Waals surface area contributed by atoms with Crippen LogP contribution in [0.1, 0.15) is 61.3 Å². The molecule has 0 spiro atoms. The molecule has 2 aliphatic heterocycles. The average molecular weight is 544 g/mol. The molecule has 0 unspecified atom stereocenters. The number of nitrogens with one attached hydrogen (secondary N) is 1. The van der Waals surface area contributed by atoms with Crippen LogP contribution in [0.25, 0.3) is 0 Å². The number of allylic oxidation sites excluding steroid dienone is 4. The number of rotatable bonds is 4. The minimum Gasteiger partial charge on any atom is -0.461 e. The summed E-state index contributed by atoms with van der Waals surface area (Å²) < 4.78 is 16.5. The maximum Gasteiger partial charge on any atom is 0.322 e. The van der Waals surface area contributed by atoms with Crippen molar-refractivity contribution in [2.45, 2.75) is 85.7 Å². The van der Waals surface area contributed by atoms with E-state index in [0.29, 0.717) is 12.0 Å². The summed E-state index contributed by atoms with van der Waals surface area (Å²) in [7, 11) is 0. The van der Waals surface area contributed by atoms with Gasteiger partial charge in [0.25, 0.3) is 5.91 Å². The van der Waals surface area contributed by atoms with E-state index in [-0.39, 0.29) is 6.42 Å². The van der Waals surface area contributed by atoms with E-state index in [9.17, 15) is 28.8 Å². The van der Waals surface area contributed by atoms with Gasteiger partial charge in [-0.3, -0.25) is 28.8 Å². The second-order valence-corrected chi connectivity index (χ2v) is 10.2. The van der Waals surface area contributed by atoms with Gasteiger partial charge in [-0.1, -0.05) is 42.4 Å². The zero-order chi connectivity index (χ0) is 29.5. The van der Waals surface area contributed by atoms with Crippen LogP contribution in [-0.2, 0) is 43.0 Å². The minimum atomic E-state index is -1.84. The summed E-state index contributed by atoms with van der Waals surface area (Å²) in [6, 6.07) is -1.21. The van der Waals surface area contributed by atoms with Crippen molar-refractivity contribution in [2.75, 3.05) is 0 Å². The predicted molar refractivity (Wildman–Crippen MR) is 141 cm³/mol. The van der Waals surface area contributed by atoms with E-state index in [1.807, 2.05) is 13.0 Å². The topological polar surface area (TPSA) is 142 Å². The number of fused-ring (bicyclic) bond motifs is 10. The molecule has 3 rings (SSSR count). The molecule has 3 aliphatic rings. The van der Waals surface area contributed by atoms with Crippen molar-refractivity contribution >= 4 is 35.4 Å². The van der Waals surface area contributed by atoms with Gasteiger partial charge in [-0.2, -0.15) is 0 Å². The summed E-state index contributed by atoms with van der Waals surface area (Å²) in [5.41, 5.74) is -0.499. The lowest BCUT2D eigenvalue weighted by Crippen LogP contribution is -2.61. The third-order valence-electron chi connectivity index (χ3n) is 6.74. The third-order valence-corrected chi connectivity index (χ3v) is 6.74. The van der Waals surface area contributed by atoms with Crippen molar-refractivity contribution < 1.29 is 43.0 Å². The Hall–Kier alpha value is -3.82. The maximum atomic E-state index is 13.7. The number of hydrogen-bond donors (Lipinski definition) is 1. The second kappa shape index (κ2) is 13.3. The van der Waals surface area contributed by atoms with Gasteiger partial charge in [0.2, 0.25) is 5.78 Å².